The van der Waals surface area contributed by atoms with Crippen LogP contribution >= 0.6 is 0 Å². The highest BCUT2D eigenvalue weighted by Crippen LogP contribution is 2.27. The molecule has 0 bridgehead atoms. The molecule has 0 spiro atoms. The average molecular weight is 110 g/mol. The lowest BCUT2D eigenvalue weighted by molar-refractivity contribution is 0.545. The molecule has 0 atom stereocenters. The summed E-state index contributed by atoms with van der Waals surface area (Å²) < 4.78 is 0. The highest BCUT2D eigenvalue weighted by Gasteiger charge is 2.34. The van der Waals surface area contributed by atoms with Crippen molar-refractivity contribution in [2.45, 2.75) is 31.3 Å². The SMILES string of the molecule is [C-]#[N+]C1(N)CCCC1. The van der Waals surface area contributed by atoms with Gasteiger partial charge in [0.15, 0.2) is 0 Å². The fourth-order valence-electron chi connectivity index (χ4n) is 1.10. The fraction of sp³-hybridized carbons (Fsp3) is 0.833. The van der Waals surface area contributed by atoms with Gasteiger partial charge in [-0.25, -0.2) is 6.57 Å². The van der Waals surface area contributed by atoms with Gasteiger partial charge in [-0.15, -0.1) is 0 Å². The van der Waals surface area contributed by atoms with E-state index in [2.05, 4.69) is 4.85 Å². The first-order valence-electron chi connectivity index (χ1n) is 2.94. The minimum atomic E-state index is -0.472. The molecule has 0 radical (unpaired) electrons. The second-order valence-electron chi connectivity index (χ2n) is 2.42. The van der Waals surface area contributed by atoms with Gasteiger partial charge in [-0.2, -0.15) is 0 Å². The number of hydrogen-bond acceptors (Lipinski definition) is 1. The maximum Gasteiger partial charge on any atom is 0.283 e. The molecule has 1 aliphatic rings. The van der Waals surface area contributed by atoms with Crippen LogP contribution in [0.1, 0.15) is 25.7 Å². The third kappa shape index (κ3) is 0.823. The minimum absolute atomic E-state index is 0.472. The summed E-state index contributed by atoms with van der Waals surface area (Å²) in [5.41, 5.74) is 5.13. The molecule has 8 heavy (non-hydrogen) atoms. The van der Waals surface area contributed by atoms with Crippen LogP contribution in [0.5, 0.6) is 0 Å². The molecular formula is C6H10N2. The Morgan fingerprint density at radius 2 is 1.88 bits per heavy atom. The van der Waals surface area contributed by atoms with Gasteiger partial charge < -0.3 is 0 Å². The Bertz CT molecular complexity index is 117. The van der Waals surface area contributed by atoms with Gasteiger partial charge in [0.2, 0.25) is 0 Å². The van der Waals surface area contributed by atoms with Gasteiger partial charge in [-0.1, -0.05) is 0 Å². The van der Waals surface area contributed by atoms with Crippen LogP contribution in [0.2, 0.25) is 0 Å². The topological polar surface area (TPSA) is 30.4 Å². The van der Waals surface area contributed by atoms with E-state index in [1.807, 2.05) is 0 Å². The van der Waals surface area contributed by atoms with Crippen LogP contribution in [-0.2, 0) is 0 Å². The number of nitrogens with two attached hydrogens (primary N) is 1. The third-order valence-corrected chi connectivity index (χ3v) is 1.69. The van der Waals surface area contributed by atoms with Crippen molar-refractivity contribution in [3.8, 4) is 0 Å². The van der Waals surface area contributed by atoms with E-state index in [1.165, 1.54) is 0 Å². The minimum Gasteiger partial charge on any atom is -0.293 e. The summed E-state index contributed by atoms with van der Waals surface area (Å²) in [5.74, 6) is 0. The lowest BCUT2D eigenvalue weighted by Crippen LogP contribution is -2.31. The number of hydrogen-bond donors (Lipinski definition) is 1. The van der Waals surface area contributed by atoms with Crippen LogP contribution < -0.4 is 5.73 Å². The predicted octanol–water partition coefficient (Wildman–Crippen LogP) is 1.13. The van der Waals surface area contributed by atoms with Crippen LogP contribution in [0.15, 0.2) is 0 Å². The van der Waals surface area contributed by atoms with E-state index in [-0.39, 0.29) is 0 Å². The van der Waals surface area contributed by atoms with E-state index in [4.69, 9.17) is 12.3 Å². The van der Waals surface area contributed by atoms with Gasteiger partial charge in [-0.3, -0.25) is 10.6 Å². The number of rotatable bonds is 0. The molecule has 0 saturated heterocycles. The molecule has 1 fully saturated rings. The molecule has 2 N–H and O–H groups in total. The second-order valence-corrected chi connectivity index (χ2v) is 2.42. The standard InChI is InChI=1S/C6H10N2/c1-8-6(7)4-2-3-5-6/h2-5,7H2. The van der Waals surface area contributed by atoms with Gasteiger partial charge in [-0.05, 0) is 12.8 Å². The van der Waals surface area contributed by atoms with E-state index in [1.54, 1.807) is 0 Å². The molecule has 0 aromatic carbocycles. The maximum absolute atomic E-state index is 6.70. The van der Waals surface area contributed by atoms with Crippen molar-refractivity contribution in [1.82, 2.24) is 0 Å². The van der Waals surface area contributed by atoms with Gasteiger partial charge in [0.1, 0.15) is 0 Å². The predicted molar refractivity (Wildman–Crippen MR) is 32.0 cm³/mol. The van der Waals surface area contributed by atoms with Crippen LogP contribution in [0, 0.1) is 6.57 Å². The van der Waals surface area contributed by atoms with Crippen molar-refractivity contribution in [2.24, 2.45) is 5.73 Å². The molecule has 1 rings (SSSR count). The molecule has 0 amide bonds. The Morgan fingerprint density at radius 1 is 1.38 bits per heavy atom. The Labute approximate surface area is 49.5 Å². The molecule has 1 aliphatic carbocycles. The Balaban J connectivity index is 2.56. The molecule has 0 heterocycles. The summed E-state index contributed by atoms with van der Waals surface area (Å²) in [7, 11) is 0. The zero-order valence-electron chi connectivity index (χ0n) is 4.85. The highest BCUT2D eigenvalue weighted by atomic mass is 15.0. The first-order valence-corrected chi connectivity index (χ1v) is 2.94. The fourth-order valence-corrected chi connectivity index (χ4v) is 1.10. The second kappa shape index (κ2) is 1.75. The Hall–Kier alpha value is -0.550. The van der Waals surface area contributed by atoms with E-state index in [0.29, 0.717) is 0 Å². The Morgan fingerprint density at radius 3 is 2.12 bits per heavy atom. The lowest BCUT2D eigenvalue weighted by atomic mass is 10.2. The monoisotopic (exact) mass is 110 g/mol. The van der Waals surface area contributed by atoms with Crippen molar-refractivity contribution in [3.05, 3.63) is 11.4 Å². The summed E-state index contributed by atoms with van der Waals surface area (Å²) in [6, 6.07) is 0. The molecule has 44 valence electrons. The van der Waals surface area contributed by atoms with E-state index in [0.717, 1.165) is 25.7 Å². The lowest BCUT2D eigenvalue weighted by Gasteiger charge is -2.05. The molecule has 0 aliphatic heterocycles. The van der Waals surface area contributed by atoms with Gasteiger partial charge in [0.05, 0.1) is 0 Å². The van der Waals surface area contributed by atoms with Crippen LogP contribution in [0.4, 0.5) is 0 Å². The normalized spacial score (nSPS) is 25.0. The zero-order chi connectivity index (χ0) is 6.04. The van der Waals surface area contributed by atoms with Crippen molar-refractivity contribution in [1.29, 1.82) is 0 Å². The average Bonchev–Trinajstić information content (AvgIpc) is 2.17. The summed E-state index contributed by atoms with van der Waals surface area (Å²) in [5, 5.41) is 0. The first kappa shape index (κ1) is 5.58. The molecule has 1 saturated carbocycles. The van der Waals surface area contributed by atoms with Crippen LogP contribution in [-0.4, -0.2) is 5.66 Å². The molecule has 2 heteroatoms. The summed E-state index contributed by atoms with van der Waals surface area (Å²) in [6.45, 7) is 6.70. The van der Waals surface area contributed by atoms with E-state index in [9.17, 15) is 0 Å². The van der Waals surface area contributed by atoms with E-state index >= 15 is 0 Å². The van der Waals surface area contributed by atoms with Crippen molar-refractivity contribution < 1.29 is 0 Å². The third-order valence-electron chi connectivity index (χ3n) is 1.69. The van der Waals surface area contributed by atoms with Gasteiger partial charge >= 0.3 is 0 Å². The van der Waals surface area contributed by atoms with Crippen LogP contribution in [0.25, 0.3) is 4.85 Å². The van der Waals surface area contributed by atoms with Crippen LogP contribution in [0.3, 0.4) is 0 Å². The van der Waals surface area contributed by atoms with Crippen molar-refractivity contribution in [3.63, 3.8) is 0 Å². The van der Waals surface area contributed by atoms with E-state index < -0.39 is 5.66 Å². The van der Waals surface area contributed by atoms with Crippen molar-refractivity contribution in [2.75, 3.05) is 0 Å². The van der Waals surface area contributed by atoms with Gasteiger partial charge in [0.25, 0.3) is 5.66 Å². The molecule has 2 nitrogen and oxygen atoms in total. The van der Waals surface area contributed by atoms with Crippen molar-refractivity contribution >= 4 is 0 Å². The summed E-state index contributed by atoms with van der Waals surface area (Å²) >= 11 is 0. The Kier molecular flexibility index (Phi) is 1.22. The maximum atomic E-state index is 6.70. The smallest absolute Gasteiger partial charge is 0.283 e. The number of nitrogens with zero attached hydrogens (tertiary/aromatic N) is 1. The quantitative estimate of drug-likeness (QED) is 0.465. The zero-order valence-corrected chi connectivity index (χ0v) is 4.85. The molecule has 0 unspecified atom stereocenters. The molecular weight excluding hydrogens is 100 g/mol. The first-order chi connectivity index (χ1) is 3.77. The van der Waals surface area contributed by atoms with Gasteiger partial charge in [0, 0.05) is 12.8 Å². The summed E-state index contributed by atoms with van der Waals surface area (Å²) in [4.78, 5) is 3.35. The highest BCUT2D eigenvalue weighted by molar-refractivity contribution is 4.96. The molecule has 0 aromatic heterocycles. The summed E-state index contributed by atoms with van der Waals surface area (Å²) in [6.07, 6.45) is 4.07. The largest absolute Gasteiger partial charge is 0.293 e. The molecule has 0 aromatic rings.